The van der Waals surface area contributed by atoms with Gasteiger partial charge in [0.1, 0.15) is 11.9 Å². The number of phenolic OH excluding ortho intramolecular Hbond substituents is 1. The molecule has 1 aliphatic heterocycles. The van der Waals surface area contributed by atoms with Crippen molar-refractivity contribution in [2.45, 2.75) is 12.6 Å². The van der Waals surface area contributed by atoms with Crippen molar-refractivity contribution < 1.29 is 9.84 Å². The summed E-state index contributed by atoms with van der Waals surface area (Å²) in [5.41, 5.74) is 3.08. The monoisotopic (exact) mass is 481 g/mol. The molecule has 1 aliphatic rings. The van der Waals surface area contributed by atoms with Gasteiger partial charge in [-0.1, -0.05) is 46.3 Å². The van der Waals surface area contributed by atoms with Crippen molar-refractivity contribution in [1.82, 2.24) is 13.7 Å². The molecule has 0 radical (unpaired) electrons. The Hall–Kier alpha value is -3.10. The Morgan fingerprint density at radius 3 is 2.45 bits per heavy atom. The molecule has 31 heavy (non-hydrogen) atoms. The van der Waals surface area contributed by atoms with Crippen LogP contribution in [0.3, 0.4) is 0 Å². The smallest absolute Gasteiger partial charge is 0.331 e. The molecule has 3 heterocycles. The molecule has 8 heteroatoms. The summed E-state index contributed by atoms with van der Waals surface area (Å²) in [6.07, 6.45) is -0.481. The van der Waals surface area contributed by atoms with Crippen LogP contribution in [0.25, 0.3) is 22.2 Å². The van der Waals surface area contributed by atoms with E-state index in [0.717, 1.165) is 31.6 Å². The second-order valence-electron chi connectivity index (χ2n) is 7.64. The Kier molecular flexibility index (Phi) is 4.64. The van der Waals surface area contributed by atoms with Crippen LogP contribution in [0.4, 0.5) is 0 Å². The first kappa shape index (κ1) is 19.8. The number of phenols is 1. The average Bonchev–Trinajstić information content (AvgIpc) is 3.12. The van der Waals surface area contributed by atoms with Gasteiger partial charge >= 0.3 is 5.69 Å². The van der Waals surface area contributed by atoms with Crippen LogP contribution >= 0.6 is 15.9 Å². The number of benzene rings is 2. The molecule has 0 spiro atoms. The molecule has 4 aromatic rings. The highest BCUT2D eigenvalue weighted by Crippen LogP contribution is 2.42. The van der Waals surface area contributed by atoms with Gasteiger partial charge in [-0.3, -0.25) is 13.9 Å². The molecule has 2 aromatic carbocycles. The summed E-state index contributed by atoms with van der Waals surface area (Å²) in [4.78, 5) is 26.2. The van der Waals surface area contributed by atoms with Gasteiger partial charge in [0.25, 0.3) is 5.56 Å². The van der Waals surface area contributed by atoms with Crippen molar-refractivity contribution >= 4 is 26.8 Å². The van der Waals surface area contributed by atoms with Crippen molar-refractivity contribution in [2.24, 2.45) is 14.1 Å². The fourth-order valence-electron chi connectivity index (χ4n) is 4.42. The Labute approximate surface area is 185 Å². The molecule has 158 valence electrons. The van der Waals surface area contributed by atoms with Crippen molar-refractivity contribution in [3.05, 3.63) is 85.1 Å². The zero-order chi connectivity index (χ0) is 21.9. The molecule has 0 amide bonds. The first-order chi connectivity index (χ1) is 14.9. The maximum absolute atomic E-state index is 13.4. The second-order valence-corrected chi connectivity index (χ2v) is 8.49. The average molecular weight is 482 g/mol. The Bertz CT molecular complexity index is 1450. The van der Waals surface area contributed by atoms with E-state index in [0.29, 0.717) is 24.1 Å². The van der Waals surface area contributed by atoms with Gasteiger partial charge in [-0.2, -0.15) is 0 Å². The quantitative estimate of drug-likeness (QED) is 0.476. The molecule has 0 bridgehead atoms. The van der Waals surface area contributed by atoms with Crippen molar-refractivity contribution in [3.8, 4) is 17.0 Å². The van der Waals surface area contributed by atoms with E-state index in [9.17, 15) is 14.7 Å². The first-order valence-electron chi connectivity index (χ1n) is 9.87. The summed E-state index contributed by atoms with van der Waals surface area (Å²) in [5, 5.41) is 10.2. The summed E-state index contributed by atoms with van der Waals surface area (Å²) in [6, 6.07) is 14.6. The highest BCUT2D eigenvalue weighted by atomic mass is 79.9. The molecule has 0 unspecified atom stereocenters. The molecular formula is C23H20BrN3O4. The number of rotatable bonds is 2. The van der Waals surface area contributed by atoms with Crippen LogP contribution < -0.4 is 11.2 Å². The van der Waals surface area contributed by atoms with Crippen molar-refractivity contribution in [3.63, 3.8) is 0 Å². The van der Waals surface area contributed by atoms with Gasteiger partial charge in [0, 0.05) is 30.7 Å². The number of nitrogens with zero attached hydrogens (tertiary/aromatic N) is 3. The van der Waals surface area contributed by atoms with Crippen LogP contribution in [-0.4, -0.2) is 25.4 Å². The van der Waals surface area contributed by atoms with E-state index in [-0.39, 0.29) is 17.0 Å². The maximum atomic E-state index is 13.4. The van der Waals surface area contributed by atoms with Crippen molar-refractivity contribution in [1.29, 1.82) is 0 Å². The third-order valence-electron chi connectivity index (χ3n) is 5.88. The Morgan fingerprint density at radius 1 is 1.03 bits per heavy atom. The van der Waals surface area contributed by atoms with Crippen LogP contribution in [0.1, 0.15) is 17.4 Å². The molecule has 1 atom stereocenters. The van der Waals surface area contributed by atoms with Gasteiger partial charge in [0.2, 0.25) is 0 Å². The minimum Gasteiger partial charge on any atom is -0.508 e. The Balaban J connectivity index is 1.96. The number of hydrogen-bond donors (Lipinski definition) is 1. The van der Waals surface area contributed by atoms with Crippen molar-refractivity contribution in [2.75, 3.05) is 6.61 Å². The molecule has 1 N–H and O–H groups in total. The molecule has 7 nitrogen and oxygen atoms in total. The zero-order valence-corrected chi connectivity index (χ0v) is 18.6. The van der Waals surface area contributed by atoms with Gasteiger partial charge < -0.3 is 14.4 Å². The van der Waals surface area contributed by atoms with E-state index < -0.39 is 6.10 Å². The number of aromatic nitrogens is 3. The topological polar surface area (TPSA) is 78.4 Å². The van der Waals surface area contributed by atoms with Gasteiger partial charge in [0.05, 0.1) is 28.9 Å². The second kappa shape index (κ2) is 7.25. The van der Waals surface area contributed by atoms with E-state index in [1.165, 1.54) is 11.6 Å². The van der Waals surface area contributed by atoms with Gasteiger partial charge in [-0.05, 0) is 23.8 Å². The minimum atomic E-state index is -0.481. The molecule has 0 aliphatic carbocycles. The normalized spacial score (nSPS) is 15.9. The summed E-state index contributed by atoms with van der Waals surface area (Å²) in [6.45, 7) is 0.998. The van der Waals surface area contributed by atoms with Crippen LogP contribution in [0.15, 0.2) is 62.6 Å². The van der Waals surface area contributed by atoms with Gasteiger partial charge in [-0.15, -0.1) is 0 Å². The fraction of sp³-hybridized carbons (Fsp3) is 0.217. The molecular weight excluding hydrogens is 462 g/mol. The van der Waals surface area contributed by atoms with E-state index in [2.05, 4.69) is 20.5 Å². The third kappa shape index (κ3) is 2.90. The lowest BCUT2D eigenvalue weighted by Gasteiger charge is -2.28. The van der Waals surface area contributed by atoms with Crippen LogP contribution in [0.5, 0.6) is 5.75 Å². The number of aryl methyl sites for hydroxylation is 1. The summed E-state index contributed by atoms with van der Waals surface area (Å²) >= 11 is 3.63. The highest BCUT2D eigenvalue weighted by molar-refractivity contribution is 9.10. The van der Waals surface area contributed by atoms with E-state index >= 15 is 0 Å². The molecule has 0 fully saturated rings. The number of aromatic hydroxyl groups is 1. The predicted octanol–water partition coefficient (Wildman–Crippen LogP) is 3.29. The van der Waals surface area contributed by atoms with Crippen LogP contribution in [0.2, 0.25) is 0 Å². The minimum absolute atomic E-state index is 0.162. The highest BCUT2D eigenvalue weighted by Gasteiger charge is 2.33. The predicted molar refractivity (Wildman–Crippen MR) is 121 cm³/mol. The zero-order valence-electron chi connectivity index (χ0n) is 17.0. The SMILES string of the molecule is Cn1c(=O)c2c(-c3ccccc3Br)n3c(c2n(C)c1=O)[C@@H](c1ccc(O)cc1)OCC3. The fourth-order valence-corrected chi connectivity index (χ4v) is 4.89. The third-order valence-corrected chi connectivity index (χ3v) is 6.57. The van der Waals surface area contributed by atoms with E-state index in [1.54, 1.807) is 31.3 Å². The summed E-state index contributed by atoms with van der Waals surface area (Å²) in [7, 11) is 3.18. The lowest BCUT2D eigenvalue weighted by Crippen LogP contribution is -2.37. The lowest BCUT2D eigenvalue weighted by molar-refractivity contribution is 0.0478. The van der Waals surface area contributed by atoms with Gasteiger partial charge in [-0.25, -0.2) is 4.79 Å². The number of ether oxygens (including phenoxy) is 1. The lowest BCUT2D eigenvalue weighted by atomic mass is 10.0. The van der Waals surface area contributed by atoms with Crippen LogP contribution in [-0.2, 0) is 25.4 Å². The maximum Gasteiger partial charge on any atom is 0.331 e. The largest absolute Gasteiger partial charge is 0.508 e. The van der Waals surface area contributed by atoms with Crippen LogP contribution in [0, 0.1) is 0 Å². The number of halogens is 1. The molecule has 0 saturated carbocycles. The van der Waals surface area contributed by atoms with E-state index in [4.69, 9.17) is 4.74 Å². The molecule has 5 rings (SSSR count). The number of hydrogen-bond acceptors (Lipinski definition) is 4. The van der Waals surface area contributed by atoms with E-state index in [1.807, 2.05) is 24.3 Å². The summed E-state index contributed by atoms with van der Waals surface area (Å²) in [5.74, 6) is 0.162. The Morgan fingerprint density at radius 2 is 1.74 bits per heavy atom. The summed E-state index contributed by atoms with van der Waals surface area (Å²) < 4.78 is 11.8. The van der Waals surface area contributed by atoms with Gasteiger partial charge in [0.15, 0.2) is 0 Å². The molecule has 0 saturated heterocycles. The first-order valence-corrected chi connectivity index (χ1v) is 10.7. The number of fused-ring (bicyclic) bond motifs is 3. The standard InChI is InChI=1S/C23H20BrN3O4/c1-25-19-17(22(29)26(2)23(25)30)18(15-5-3-4-6-16(15)24)27-11-12-31-21(20(19)27)13-7-9-14(28)10-8-13/h3-10,21,28H,11-12H2,1-2H3/t21-/m1/s1. The molecule has 2 aromatic heterocycles.